The lowest BCUT2D eigenvalue weighted by Crippen LogP contribution is -2.24. The number of pyridine rings is 1. The standard InChI is InChI=1S/C12H17N3O2/c1-2-17-12(16)10-4-3-6-14-11(10)15-9-5-7-13-8-9/h3-4,6,9,13H,2,5,7-8H2,1H3,(H,14,15). The molecule has 1 aliphatic heterocycles. The fourth-order valence-electron chi connectivity index (χ4n) is 1.87. The molecule has 2 rings (SSSR count). The Bertz CT molecular complexity index is 389. The summed E-state index contributed by atoms with van der Waals surface area (Å²) in [4.78, 5) is 15.9. The topological polar surface area (TPSA) is 63.2 Å². The molecule has 0 amide bonds. The number of aromatic nitrogens is 1. The van der Waals surface area contributed by atoms with Crippen LogP contribution in [0.1, 0.15) is 23.7 Å². The van der Waals surface area contributed by atoms with Crippen molar-refractivity contribution >= 4 is 11.8 Å². The highest BCUT2D eigenvalue weighted by Crippen LogP contribution is 2.15. The first kappa shape index (κ1) is 11.9. The molecule has 0 bridgehead atoms. The van der Waals surface area contributed by atoms with E-state index in [-0.39, 0.29) is 5.97 Å². The highest BCUT2D eigenvalue weighted by atomic mass is 16.5. The number of hydrogen-bond donors (Lipinski definition) is 2. The van der Waals surface area contributed by atoms with Crippen LogP contribution in [0.2, 0.25) is 0 Å². The molecule has 92 valence electrons. The van der Waals surface area contributed by atoms with Crippen LogP contribution in [-0.4, -0.2) is 36.7 Å². The second-order valence-corrected chi connectivity index (χ2v) is 3.95. The minimum atomic E-state index is -0.325. The third kappa shape index (κ3) is 2.94. The zero-order chi connectivity index (χ0) is 12.1. The molecular weight excluding hydrogens is 218 g/mol. The minimum absolute atomic E-state index is 0.325. The minimum Gasteiger partial charge on any atom is -0.462 e. The molecular formula is C12H17N3O2. The number of nitrogens with zero attached hydrogens (tertiary/aromatic N) is 1. The van der Waals surface area contributed by atoms with E-state index in [1.54, 1.807) is 25.3 Å². The molecule has 1 saturated heterocycles. The smallest absolute Gasteiger partial charge is 0.341 e. The van der Waals surface area contributed by atoms with Gasteiger partial charge in [-0.05, 0) is 32.0 Å². The van der Waals surface area contributed by atoms with Gasteiger partial charge in [-0.25, -0.2) is 9.78 Å². The Balaban J connectivity index is 2.12. The number of esters is 1. The summed E-state index contributed by atoms with van der Waals surface area (Å²) < 4.78 is 5.00. The van der Waals surface area contributed by atoms with Gasteiger partial charge < -0.3 is 15.4 Å². The fourth-order valence-corrected chi connectivity index (χ4v) is 1.87. The summed E-state index contributed by atoms with van der Waals surface area (Å²) in [6, 6.07) is 3.80. The van der Waals surface area contributed by atoms with Crippen LogP contribution in [0.25, 0.3) is 0 Å². The summed E-state index contributed by atoms with van der Waals surface area (Å²) in [6.45, 7) is 4.07. The van der Waals surface area contributed by atoms with Gasteiger partial charge in [0.05, 0.1) is 6.61 Å². The second-order valence-electron chi connectivity index (χ2n) is 3.95. The normalized spacial score (nSPS) is 19.0. The Morgan fingerprint density at radius 3 is 3.29 bits per heavy atom. The molecule has 2 heterocycles. The predicted octanol–water partition coefficient (Wildman–Crippen LogP) is 1.03. The van der Waals surface area contributed by atoms with Gasteiger partial charge in [-0.2, -0.15) is 0 Å². The fraction of sp³-hybridized carbons (Fsp3) is 0.500. The molecule has 5 nitrogen and oxygen atoms in total. The van der Waals surface area contributed by atoms with Crippen LogP contribution in [0.15, 0.2) is 18.3 Å². The van der Waals surface area contributed by atoms with E-state index in [4.69, 9.17) is 4.74 Å². The average molecular weight is 235 g/mol. The Morgan fingerprint density at radius 1 is 1.71 bits per heavy atom. The van der Waals surface area contributed by atoms with E-state index in [1.807, 2.05) is 0 Å². The second kappa shape index (κ2) is 5.63. The van der Waals surface area contributed by atoms with E-state index in [9.17, 15) is 4.79 Å². The summed E-state index contributed by atoms with van der Waals surface area (Å²) in [7, 11) is 0. The van der Waals surface area contributed by atoms with Gasteiger partial charge in [0.25, 0.3) is 0 Å². The third-order valence-corrected chi connectivity index (χ3v) is 2.70. The maximum absolute atomic E-state index is 11.7. The number of rotatable bonds is 4. The van der Waals surface area contributed by atoms with Crippen molar-refractivity contribution in [2.75, 3.05) is 25.0 Å². The Labute approximate surface area is 101 Å². The van der Waals surface area contributed by atoms with Crippen molar-refractivity contribution in [3.8, 4) is 0 Å². The maximum atomic E-state index is 11.7. The van der Waals surface area contributed by atoms with Gasteiger partial charge in [-0.3, -0.25) is 0 Å². The van der Waals surface area contributed by atoms with Crippen molar-refractivity contribution in [3.05, 3.63) is 23.9 Å². The number of anilines is 1. The highest BCUT2D eigenvalue weighted by Gasteiger charge is 2.18. The van der Waals surface area contributed by atoms with E-state index in [0.29, 0.717) is 24.0 Å². The van der Waals surface area contributed by atoms with Crippen LogP contribution < -0.4 is 10.6 Å². The zero-order valence-electron chi connectivity index (χ0n) is 9.90. The van der Waals surface area contributed by atoms with Crippen LogP contribution in [0, 0.1) is 0 Å². The van der Waals surface area contributed by atoms with Gasteiger partial charge in [-0.15, -0.1) is 0 Å². The third-order valence-electron chi connectivity index (χ3n) is 2.70. The molecule has 1 aromatic heterocycles. The largest absolute Gasteiger partial charge is 0.462 e. The van der Waals surface area contributed by atoms with E-state index in [0.717, 1.165) is 19.5 Å². The quantitative estimate of drug-likeness (QED) is 0.763. The predicted molar refractivity (Wildman–Crippen MR) is 65.1 cm³/mol. The van der Waals surface area contributed by atoms with Crippen molar-refractivity contribution in [2.45, 2.75) is 19.4 Å². The van der Waals surface area contributed by atoms with E-state index in [1.165, 1.54) is 0 Å². The first-order chi connectivity index (χ1) is 8.31. The molecule has 1 aliphatic rings. The van der Waals surface area contributed by atoms with Crippen molar-refractivity contribution in [2.24, 2.45) is 0 Å². The van der Waals surface area contributed by atoms with Crippen molar-refractivity contribution in [1.29, 1.82) is 0 Å². The van der Waals surface area contributed by atoms with Gasteiger partial charge in [0.1, 0.15) is 11.4 Å². The molecule has 2 N–H and O–H groups in total. The summed E-state index contributed by atoms with van der Waals surface area (Å²) in [6.07, 6.45) is 2.71. The van der Waals surface area contributed by atoms with Crippen LogP contribution in [0.4, 0.5) is 5.82 Å². The molecule has 0 spiro atoms. The lowest BCUT2D eigenvalue weighted by Gasteiger charge is -2.14. The number of carbonyl (C=O) groups is 1. The van der Waals surface area contributed by atoms with Crippen LogP contribution >= 0.6 is 0 Å². The molecule has 1 fully saturated rings. The Kier molecular flexibility index (Phi) is 3.93. The number of hydrogen-bond acceptors (Lipinski definition) is 5. The SMILES string of the molecule is CCOC(=O)c1cccnc1NC1CCNC1. The van der Waals surface area contributed by atoms with Crippen LogP contribution in [-0.2, 0) is 4.74 Å². The molecule has 5 heteroatoms. The molecule has 0 saturated carbocycles. The summed E-state index contributed by atoms with van der Waals surface area (Å²) >= 11 is 0. The molecule has 17 heavy (non-hydrogen) atoms. The average Bonchev–Trinajstić information content (AvgIpc) is 2.83. The lowest BCUT2D eigenvalue weighted by atomic mass is 10.2. The lowest BCUT2D eigenvalue weighted by molar-refractivity contribution is 0.0527. The molecule has 0 aliphatic carbocycles. The maximum Gasteiger partial charge on any atom is 0.341 e. The van der Waals surface area contributed by atoms with Crippen LogP contribution in [0.3, 0.4) is 0 Å². The van der Waals surface area contributed by atoms with Crippen molar-refractivity contribution in [3.63, 3.8) is 0 Å². The number of ether oxygens (including phenoxy) is 1. The van der Waals surface area contributed by atoms with E-state index in [2.05, 4.69) is 15.6 Å². The Morgan fingerprint density at radius 2 is 2.59 bits per heavy atom. The number of carbonyl (C=O) groups excluding carboxylic acids is 1. The van der Waals surface area contributed by atoms with Gasteiger partial charge in [-0.1, -0.05) is 0 Å². The molecule has 0 radical (unpaired) electrons. The zero-order valence-corrected chi connectivity index (χ0v) is 9.90. The van der Waals surface area contributed by atoms with Gasteiger partial charge in [0, 0.05) is 18.8 Å². The number of nitrogens with one attached hydrogen (secondary N) is 2. The van der Waals surface area contributed by atoms with Crippen LogP contribution in [0.5, 0.6) is 0 Å². The monoisotopic (exact) mass is 235 g/mol. The molecule has 0 aromatic carbocycles. The summed E-state index contributed by atoms with van der Waals surface area (Å²) in [5.41, 5.74) is 0.501. The first-order valence-corrected chi connectivity index (χ1v) is 5.90. The van der Waals surface area contributed by atoms with Gasteiger partial charge >= 0.3 is 5.97 Å². The molecule has 1 atom stereocenters. The highest BCUT2D eigenvalue weighted by molar-refractivity contribution is 5.94. The van der Waals surface area contributed by atoms with Gasteiger partial charge in [0.2, 0.25) is 0 Å². The van der Waals surface area contributed by atoms with Gasteiger partial charge in [0.15, 0.2) is 0 Å². The van der Waals surface area contributed by atoms with E-state index < -0.39 is 0 Å². The van der Waals surface area contributed by atoms with E-state index >= 15 is 0 Å². The Hall–Kier alpha value is -1.62. The molecule has 1 unspecified atom stereocenters. The summed E-state index contributed by atoms with van der Waals surface area (Å²) in [5.74, 6) is 0.286. The first-order valence-electron chi connectivity index (χ1n) is 5.90. The summed E-state index contributed by atoms with van der Waals surface area (Å²) in [5, 5.41) is 6.53. The van der Waals surface area contributed by atoms with Crippen molar-refractivity contribution < 1.29 is 9.53 Å². The van der Waals surface area contributed by atoms with Crippen molar-refractivity contribution in [1.82, 2.24) is 10.3 Å². The molecule has 1 aromatic rings.